The number of benzene rings is 1. The minimum atomic E-state index is -4.38. The summed E-state index contributed by atoms with van der Waals surface area (Å²) in [6, 6.07) is 10.2. The van der Waals surface area contributed by atoms with Gasteiger partial charge in [0.15, 0.2) is 0 Å². The lowest BCUT2D eigenvalue weighted by atomic mass is 9.84. The number of aromatic nitrogens is 1. The van der Waals surface area contributed by atoms with Crippen LogP contribution in [0.15, 0.2) is 42.6 Å². The van der Waals surface area contributed by atoms with Crippen molar-refractivity contribution >= 4 is 0 Å². The molecule has 1 N–H and O–H groups in total. The lowest BCUT2D eigenvalue weighted by molar-refractivity contribution is -0.137. The van der Waals surface area contributed by atoms with Crippen LogP contribution in [0.2, 0.25) is 0 Å². The van der Waals surface area contributed by atoms with Crippen LogP contribution in [0.3, 0.4) is 0 Å². The molecule has 7 heteroatoms. The van der Waals surface area contributed by atoms with Gasteiger partial charge in [0.2, 0.25) is 0 Å². The number of nitrogens with one attached hydrogen (secondary N) is 1. The molecule has 1 atom stereocenters. The molecule has 3 heterocycles. The molecule has 1 aromatic heterocycles. The van der Waals surface area contributed by atoms with Crippen molar-refractivity contribution < 1.29 is 22.6 Å². The molecule has 150 valence electrons. The molecule has 1 aromatic carbocycles. The lowest BCUT2D eigenvalue weighted by Crippen LogP contribution is -2.41. The van der Waals surface area contributed by atoms with Crippen molar-refractivity contribution in [3.8, 4) is 5.75 Å². The van der Waals surface area contributed by atoms with Crippen LogP contribution in [0.1, 0.15) is 42.0 Å². The summed E-state index contributed by atoms with van der Waals surface area (Å²) >= 11 is 0. The Hall–Kier alpha value is -2.12. The van der Waals surface area contributed by atoms with Gasteiger partial charge in [0, 0.05) is 12.1 Å². The number of pyridine rings is 1. The zero-order valence-electron chi connectivity index (χ0n) is 15.5. The summed E-state index contributed by atoms with van der Waals surface area (Å²) in [5.41, 5.74) is 0.953. The molecule has 0 unspecified atom stereocenters. The predicted octanol–water partition coefficient (Wildman–Crippen LogP) is 4.31. The van der Waals surface area contributed by atoms with Crippen molar-refractivity contribution in [2.75, 3.05) is 19.7 Å². The Morgan fingerprint density at radius 2 is 1.86 bits per heavy atom. The van der Waals surface area contributed by atoms with Crippen molar-refractivity contribution in [1.82, 2.24) is 10.3 Å². The molecule has 2 aliphatic rings. The first-order valence-corrected chi connectivity index (χ1v) is 9.53. The van der Waals surface area contributed by atoms with Crippen LogP contribution in [0.5, 0.6) is 5.75 Å². The highest BCUT2D eigenvalue weighted by Crippen LogP contribution is 2.41. The summed E-state index contributed by atoms with van der Waals surface area (Å²) in [5, 5.41) is 3.38. The number of piperidine rings is 1. The van der Waals surface area contributed by atoms with E-state index < -0.39 is 11.7 Å². The molecule has 2 aromatic rings. The van der Waals surface area contributed by atoms with Crippen LogP contribution in [0.25, 0.3) is 0 Å². The largest absolute Gasteiger partial charge is 0.487 e. The fourth-order valence-electron chi connectivity index (χ4n) is 3.96. The monoisotopic (exact) mass is 392 g/mol. The molecule has 0 aliphatic carbocycles. The molecule has 0 radical (unpaired) electrons. The van der Waals surface area contributed by atoms with Gasteiger partial charge in [-0.2, -0.15) is 13.2 Å². The Morgan fingerprint density at radius 3 is 2.50 bits per heavy atom. The lowest BCUT2D eigenvalue weighted by Gasteiger charge is -2.33. The zero-order chi connectivity index (χ0) is 19.6. The summed E-state index contributed by atoms with van der Waals surface area (Å²) in [6.07, 6.45) is -0.378. The molecule has 1 spiro atoms. The van der Waals surface area contributed by atoms with Gasteiger partial charge in [-0.25, -0.2) is 0 Å². The van der Waals surface area contributed by atoms with Crippen molar-refractivity contribution in [1.29, 1.82) is 0 Å². The summed E-state index contributed by atoms with van der Waals surface area (Å²) in [7, 11) is 0. The Kier molecular flexibility index (Phi) is 5.29. The average molecular weight is 392 g/mol. The quantitative estimate of drug-likeness (QED) is 0.842. The van der Waals surface area contributed by atoms with Crippen LogP contribution in [-0.2, 0) is 17.5 Å². The molecular weight excluding hydrogens is 369 g/mol. The molecular formula is C21H23F3N2O2. The second-order valence-electron chi connectivity index (χ2n) is 7.54. The molecule has 0 saturated carbocycles. The normalized spacial score (nSPS) is 21.8. The van der Waals surface area contributed by atoms with E-state index >= 15 is 0 Å². The topological polar surface area (TPSA) is 43.4 Å². The van der Waals surface area contributed by atoms with Crippen molar-refractivity contribution in [3.63, 3.8) is 0 Å². The summed E-state index contributed by atoms with van der Waals surface area (Å²) in [6.45, 7) is 2.89. The highest BCUT2D eigenvalue weighted by atomic mass is 19.4. The second kappa shape index (κ2) is 7.72. The highest BCUT2D eigenvalue weighted by Gasteiger charge is 2.41. The summed E-state index contributed by atoms with van der Waals surface area (Å²) < 4.78 is 49.5. The van der Waals surface area contributed by atoms with Crippen LogP contribution in [0.4, 0.5) is 13.2 Å². The summed E-state index contributed by atoms with van der Waals surface area (Å²) in [4.78, 5) is 3.82. The number of halogens is 3. The van der Waals surface area contributed by atoms with Gasteiger partial charge in [-0.05, 0) is 62.2 Å². The van der Waals surface area contributed by atoms with Gasteiger partial charge < -0.3 is 14.8 Å². The van der Waals surface area contributed by atoms with E-state index in [2.05, 4.69) is 10.3 Å². The Morgan fingerprint density at radius 1 is 1.11 bits per heavy atom. The summed E-state index contributed by atoms with van der Waals surface area (Å²) in [5.74, 6) is 1.06. The Labute approximate surface area is 162 Å². The Balaban J connectivity index is 1.32. The maximum atomic E-state index is 12.6. The third kappa shape index (κ3) is 4.31. The first-order valence-electron chi connectivity index (χ1n) is 9.53. The van der Waals surface area contributed by atoms with E-state index in [4.69, 9.17) is 9.47 Å². The van der Waals surface area contributed by atoms with E-state index in [1.165, 1.54) is 11.6 Å². The van der Waals surface area contributed by atoms with Crippen LogP contribution in [-0.4, -0.2) is 30.3 Å². The van der Waals surface area contributed by atoms with E-state index in [-0.39, 0.29) is 12.2 Å². The van der Waals surface area contributed by atoms with E-state index in [0.29, 0.717) is 17.4 Å². The smallest absolute Gasteiger partial charge is 0.417 e. The van der Waals surface area contributed by atoms with Gasteiger partial charge in [0.25, 0.3) is 0 Å². The minimum Gasteiger partial charge on any atom is -0.487 e. The van der Waals surface area contributed by atoms with E-state index in [0.717, 1.165) is 51.2 Å². The van der Waals surface area contributed by atoms with Crippen LogP contribution < -0.4 is 10.1 Å². The molecule has 2 saturated heterocycles. The first kappa shape index (κ1) is 19.2. The number of rotatable bonds is 4. The number of hydrogen-bond acceptors (Lipinski definition) is 4. The molecule has 0 amide bonds. The number of hydrogen-bond donors (Lipinski definition) is 1. The molecule has 2 fully saturated rings. The van der Waals surface area contributed by atoms with E-state index in [1.54, 1.807) is 0 Å². The molecule has 28 heavy (non-hydrogen) atoms. The second-order valence-corrected chi connectivity index (χ2v) is 7.54. The van der Waals surface area contributed by atoms with E-state index in [1.807, 2.05) is 24.3 Å². The van der Waals surface area contributed by atoms with Gasteiger partial charge in [0.1, 0.15) is 12.4 Å². The SMILES string of the molecule is FC(F)(F)c1ccc(COc2ccc([C@@H]3COC4(CCNCC4)C3)cc2)nc1. The van der Waals surface area contributed by atoms with Gasteiger partial charge >= 0.3 is 6.18 Å². The molecule has 4 nitrogen and oxygen atoms in total. The van der Waals surface area contributed by atoms with Gasteiger partial charge in [-0.3, -0.25) is 4.98 Å². The zero-order valence-corrected chi connectivity index (χ0v) is 15.5. The van der Waals surface area contributed by atoms with Crippen molar-refractivity contribution in [2.45, 2.75) is 43.6 Å². The maximum Gasteiger partial charge on any atom is 0.417 e. The standard InChI is InChI=1S/C21H23F3N2O2/c22-21(23,24)17-3-4-18(26-12-17)14-27-19-5-1-15(2-6-19)16-11-20(28-13-16)7-9-25-10-8-20/h1-6,12,16,25H,7-11,13-14H2/t16-/m0/s1. The third-order valence-electron chi connectivity index (χ3n) is 5.61. The number of nitrogens with zero attached hydrogens (tertiary/aromatic N) is 1. The maximum absolute atomic E-state index is 12.6. The van der Waals surface area contributed by atoms with Crippen molar-refractivity contribution in [3.05, 3.63) is 59.4 Å². The van der Waals surface area contributed by atoms with Gasteiger partial charge in [-0.1, -0.05) is 12.1 Å². The third-order valence-corrected chi connectivity index (χ3v) is 5.61. The average Bonchev–Trinajstić information content (AvgIpc) is 3.10. The molecule has 2 aliphatic heterocycles. The van der Waals surface area contributed by atoms with Gasteiger partial charge in [-0.15, -0.1) is 0 Å². The molecule has 0 bridgehead atoms. The Bertz CT molecular complexity index is 785. The number of alkyl halides is 3. The van der Waals surface area contributed by atoms with Gasteiger partial charge in [0.05, 0.1) is 23.5 Å². The first-order chi connectivity index (χ1) is 13.4. The molecule has 4 rings (SSSR count). The van der Waals surface area contributed by atoms with Crippen LogP contribution in [0, 0.1) is 0 Å². The van der Waals surface area contributed by atoms with Crippen LogP contribution >= 0.6 is 0 Å². The fourth-order valence-corrected chi connectivity index (χ4v) is 3.96. The number of ether oxygens (including phenoxy) is 2. The van der Waals surface area contributed by atoms with Crippen molar-refractivity contribution in [2.24, 2.45) is 0 Å². The minimum absolute atomic E-state index is 0.0271. The highest BCUT2D eigenvalue weighted by molar-refractivity contribution is 5.31. The van der Waals surface area contributed by atoms with E-state index in [9.17, 15) is 13.2 Å². The fraction of sp³-hybridized carbons (Fsp3) is 0.476. The predicted molar refractivity (Wildman–Crippen MR) is 98.2 cm³/mol.